The molecule has 1 amide bonds. The number of nitrogens with zero attached hydrogens (tertiary/aromatic N) is 2. The van der Waals surface area contributed by atoms with Gasteiger partial charge in [0.2, 0.25) is 0 Å². The van der Waals surface area contributed by atoms with Crippen molar-refractivity contribution >= 4 is 17.9 Å². The summed E-state index contributed by atoms with van der Waals surface area (Å²) in [6, 6.07) is 2.04. The maximum atomic E-state index is 11.7. The average molecular weight is 309 g/mol. The van der Waals surface area contributed by atoms with Crippen LogP contribution in [0.1, 0.15) is 40.0 Å². The van der Waals surface area contributed by atoms with Crippen LogP contribution in [0.4, 0.5) is 4.79 Å². The molecule has 1 aromatic rings. The lowest BCUT2D eigenvalue weighted by Crippen LogP contribution is -2.38. The molecule has 1 aliphatic carbocycles. The van der Waals surface area contributed by atoms with Crippen LogP contribution >= 0.6 is 11.8 Å². The highest BCUT2D eigenvalue weighted by Crippen LogP contribution is 2.30. The monoisotopic (exact) mass is 309 g/mol. The van der Waals surface area contributed by atoms with E-state index in [-0.39, 0.29) is 12.1 Å². The van der Waals surface area contributed by atoms with E-state index < -0.39 is 5.60 Å². The zero-order valence-corrected chi connectivity index (χ0v) is 13.7. The third-order valence-electron chi connectivity index (χ3n) is 3.25. The quantitative estimate of drug-likeness (QED) is 0.683. The van der Waals surface area contributed by atoms with Crippen molar-refractivity contribution in [3.05, 3.63) is 18.5 Å². The van der Waals surface area contributed by atoms with Crippen LogP contribution < -0.4 is 5.32 Å². The predicted octanol–water partition coefficient (Wildman–Crippen LogP) is 3.26. The van der Waals surface area contributed by atoms with Crippen LogP contribution in [0.2, 0.25) is 0 Å². The molecule has 6 heteroatoms. The number of ether oxygens (including phenoxy) is 1. The fourth-order valence-corrected chi connectivity index (χ4v) is 3.34. The molecule has 0 aliphatic heterocycles. The van der Waals surface area contributed by atoms with E-state index in [9.17, 15) is 4.79 Å². The highest BCUT2D eigenvalue weighted by Gasteiger charge is 2.27. The molecule has 2 atom stereocenters. The minimum absolute atomic E-state index is 0.224. The first-order valence-electron chi connectivity index (χ1n) is 7.32. The molecule has 0 bridgehead atoms. The molecule has 21 heavy (non-hydrogen) atoms. The topological polar surface area (TPSA) is 64.1 Å². The lowest BCUT2D eigenvalue weighted by atomic mass is 10.1. The molecular weight excluding hydrogens is 286 g/mol. The van der Waals surface area contributed by atoms with Gasteiger partial charge in [0.25, 0.3) is 0 Å². The summed E-state index contributed by atoms with van der Waals surface area (Å²) in [4.78, 5) is 20.2. The molecule has 0 saturated heterocycles. The minimum Gasteiger partial charge on any atom is -0.444 e. The van der Waals surface area contributed by atoms with Crippen LogP contribution in [0, 0.1) is 5.92 Å². The van der Waals surface area contributed by atoms with E-state index in [2.05, 4.69) is 15.3 Å². The molecule has 5 nitrogen and oxygen atoms in total. The Labute approximate surface area is 130 Å². The summed E-state index contributed by atoms with van der Waals surface area (Å²) < 4.78 is 5.29. The Morgan fingerprint density at radius 1 is 1.38 bits per heavy atom. The van der Waals surface area contributed by atoms with Crippen LogP contribution in [0.15, 0.2) is 23.6 Å². The predicted molar refractivity (Wildman–Crippen MR) is 83.3 cm³/mol. The van der Waals surface area contributed by atoms with E-state index in [1.807, 2.05) is 26.8 Å². The molecule has 0 unspecified atom stereocenters. The number of rotatable bonds is 4. The zero-order chi connectivity index (χ0) is 15.3. The molecule has 1 fully saturated rings. The molecule has 0 spiro atoms. The number of thioether (sulfide) groups is 1. The van der Waals surface area contributed by atoms with Crippen molar-refractivity contribution in [2.75, 3.05) is 5.75 Å². The van der Waals surface area contributed by atoms with Gasteiger partial charge >= 0.3 is 6.09 Å². The SMILES string of the molecule is CC(C)(C)OC(=O)N[C@@H]1CC[C@H](CSc2ncccn2)C1. The largest absolute Gasteiger partial charge is 0.444 e. The van der Waals surface area contributed by atoms with Crippen LogP contribution in [0.5, 0.6) is 0 Å². The van der Waals surface area contributed by atoms with Gasteiger partial charge in [0.05, 0.1) is 0 Å². The fraction of sp³-hybridized carbons (Fsp3) is 0.667. The Bertz CT molecular complexity index is 462. The van der Waals surface area contributed by atoms with Crippen LogP contribution in [-0.2, 0) is 4.74 Å². The summed E-state index contributed by atoms with van der Waals surface area (Å²) in [7, 11) is 0. The number of aromatic nitrogens is 2. The van der Waals surface area contributed by atoms with Crippen molar-refractivity contribution < 1.29 is 9.53 Å². The summed E-state index contributed by atoms with van der Waals surface area (Å²) >= 11 is 1.68. The molecule has 116 valence electrons. The Balaban J connectivity index is 1.70. The normalized spacial score (nSPS) is 22.0. The first-order chi connectivity index (χ1) is 9.92. The van der Waals surface area contributed by atoms with Gasteiger partial charge in [-0.3, -0.25) is 0 Å². The van der Waals surface area contributed by atoms with Crippen molar-refractivity contribution in [3.8, 4) is 0 Å². The van der Waals surface area contributed by atoms with Gasteiger partial charge in [-0.15, -0.1) is 0 Å². The molecule has 0 radical (unpaired) electrons. The summed E-state index contributed by atoms with van der Waals surface area (Å²) in [5.41, 5.74) is -0.442. The number of hydrogen-bond acceptors (Lipinski definition) is 5. The maximum absolute atomic E-state index is 11.7. The van der Waals surface area contributed by atoms with Crippen molar-refractivity contribution in [2.45, 2.75) is 56.8 Å². The number of hydrogen-bond donors (Lipinski definition) is 1. The van der Waals surface area contributed by atoms with E-state index in [1.54, 1.807) is 24.2 Å². The van der Waals surface area contributed by atoms with Gasteiger partial charge in [0.1, 0.15) is 5.60 Å². The molecule has 1 N–H and O–H groups in total. The lowest BCUT2D eigenvalue weighted by Gasteiger charge is -2.21. The molecule has 1 heterocycles. The summed E-state index contributed by atoms with van der Waals surface area (Å²) in [5, 5.41) is 3.78. The first kappa shape index (κ1) is 16.1. The number of alkyl carbamates (subject to hydrolysis) is 1. The average Bonchev–Trinajstić information content (AvgIpc) is 2.83. The zero-order valence-electron chi connectivity index (χ0n) is 12.8. The van der Waals surface area contributed by atoms with Gasteiger partial charge in [-0.25, -0.2) is 14.8 Å². The molecule has 1 aliphatic rings. The van der Waals surface area contributed by atoms with Gasteiger partial charge in [0.15, 0.2) is 5.16 Å². The highest BCUT2D eigenvalue weighted by molar-refractivity contribution is 7.99. The van der Waals surface area contributed by atoms with E-state index in [1.165, 1.54) is 0 Å². The molecular formula is C15H23N3O2S. The van der Waals surface area contributed by atoms with Gasteiger partial charge in [-0.2, -0.15) is 0 Å². The Kier molecular flexibility index (Phi) is 5.45. The second kappa shape index (κ2) is 7.11. The first-order valence-corrected chi connectivity index (χ1v) is 8.30. The van der Waals surface area contributed by atoms with E-state index >= 15 is 0 Å². The van der Waals surface area contributed by atoms with E-state index in [0.29, 0.717) is 5.92 Å². The van der Waals surface area contributed by atoms with Crippen molar-refractivity contribution in [2.24, 2.45) is 5.92 Å². The summed E-state index contributed by atoms with van der Waals surface area (Å²) in [6.07, 6.45) is 6.35. The summed E-state index contributed by atoms with van der Waals surface area (Å²) in [5.74, 6) is 1.59. The molecule has 1 aromatic heterocycles. The molecule has 0 aromatic carbocycles. The number of amides is 1. The van der Waals surface area contributed by atoms with Gasteiger partial charge in [0, 0.05) is 24.2 Å². The third-order valence-corrected chi connectivity index (χ3v) is 4.36. The Morgan fingerprint density at radius 3 is 2.76 bits per heavy atom. The standard InChI is InChI=1S/C15H23N3O2S/c1-15(2,3)20-14(19)18-12-6-5-11(9-12)10-21-13-16-7-4-8-17-13/h4,7-8,11-12H,5-6,9-10H2,1-3H3,(H,18,19)/t11-,12+/m0/s1. The second-order valence-corrected chi connectivity index (χ2v) is 7.35. The molecule has 1 saturated carbocycles. The minimum atomic E-state index is -0.442. The number of carbonyl (C=O) groups is 1. The Morgan fingerprint density at radius 2 is 2.10 bits per heavy atom. The van der Waals surface area contributed by atoms with Crippen molar-refractivity contribution in [1.29, 1.82) is 0 Å². The summed E-state index contributed by atoms with van der Waals surface area (Å²) in [6.45, 7) is 5.63. The van der Waals surface area contributed by atoms with Crippen molar-refractivity contribution in [3.63, 3.8) is 0 Å². The lowest BCUT2D eigenvalue weighted by molar-refractivity contribution is 0.0505. The fourth-order valence-electron chi connectivity index (χ4n) is 2.38. The Hall–Kier alpha value is -1.30. The van der Waals surface area contributed by atoms with E-state index in [4.69, 9.17) is 4.74 Å². The molecule has 2 rings (SSSR count). The number of carbonyl (C=O) groups excluding carboxylic acids is 1. The highest BCUT2D eigenvalue weighted by atomic mass is 32.2. The van der Waals surface area contributed by atoms with Crippen LogP contribution in [0.3, 0.4) is 0 Å². The van der Waals surface area contributed by atoms with Crippen LogP contribution in [0.25, 0.3) is 0 Å². The van der Waals surface area contributed by atoms with E-state index in [0.717, 1.165) is 30.2 Å². The maximum Gasteiger partial charge on any atom is 0.407 e. The van der Waals surface area contributed by atoms with Crippen molar-refractivity contribution in [1.82, 2.24) is 15.3 Å². The third kappa shape index (κ3) is 5.91. The van der Waals surface area contributed by atoms with Gasteiger partial charge in [-0.05, 0) is 52.0 Å². The smallest absolute Gasteiger partial charge is 0.407 e. The van der Waals surface area contributed by atoms with Gasteiger partial charge in [-0.1, -0.05) is 11.8 Å². The second-order valence-electron chi connectivity index (χ2n) is 6.36. The van der Waals surface area contributed by atoms with Gasteiger partial charge < -0.3 is 10.1 Å². The number of nitrogens with one attached hydrogen (secondary N) is 1. The van der Waals surface area contributed by atoms with Crippen LogP contribution in [-0.4, -0.2) is 33.5 Å².